The first-order chi connectivity index (χ1) is 10.2. The van der Waals surface area contributed by atoms with E-state index in [4.69, 9.17) is 5.73 Å². The molecule has 1 atom stereocenters. The molecular formula is C18H38N2O. The van der Waals surface area contributed by atoms with Crippen molar-refractivity contribution in [2.24, 2.45) is 11.7 Å². The van der Waals surface area contributed by atoms with Gasteiger partial charge in [-0.3, -0.25) is 4.79 Å². The SMILES string of the molecule is CCCCCCN(CCCCCC)C(=O)C(CN)CCC. The van der Waals surface area contributed by atoms with E-state index in [2.05, 4.69) is 25.7 Å². The summed E-state index contributed by atoms with van der Waals surface area (Å²) in [5, 5.41) is 0. The summed E-state index contributed by atoms with van der Waals surface area (Å²) in [4.78, 5) is 14.7. The Bertz CT molecular complexity index is 231. The van der Waals surface area contributed by atoms with Gasteiger partial charge < -0.3 is 10.6 Å². The second-order valence-corrected chi connectivity index (χ2v) is 6.17. The van der Waals surface area contributed by atoms with Crippen LogP contribution in [0.3, 0.4) is 0 Å². The molecule has 0 aliphatic carbocycles. The fourth-order valence-corrected chi connectivity index (χ4v) is 2.74. The van der Waals surface area contributed by atoms with Crippen LogP contribution in [0.1, 0.15) is 85.0 Å². The van der Waals surface area contributed by atoms with Crippen molar-refractivity contribution < 1.29 is 4.79 Å². The van der Waals surface area contributed by atoms with E-state index < -0.39 is 0 Å². The predicted octanol–water partition coefficient (Wildman–Crippen LogP) is 4.35. The van der Waals surface area contributed by atoms with Crippen LogP contribution in [-0.4, -0.2) is 30.4 Å². The highest BCUT2D eigenvalue weighted by molar-refractivity contribution is 5.79. The number of unbranched alkanes of at least 4 members (excludes halogenated alkanes) is 6. The van der Waals surface area contributed by atoms with E-state index >= 15 is 0 Å². The van der Waals surface area contributed by atoms with Crippen LogP contribution in [0.2, 0.25) is 0 Å². The van der Waals surface area contributed by atoms with Crippen LogP contribution in [0, 0.1) is 5.92 Å². The Labute approximate surface area is 132 Å². The van der Waals surface area contributed by atoms with Gasteiger partial charge in [-0.15, -0.1) is 0 Å². The van der Waals surface area contributed by atoms with E-state index in [1.54, 1.807) is 0 Å². The number of hydrogen-bond donors (Lipinski definition) is 1. The summed E-state index contributed by atoms with van der Waals surface area (Å²) in [6, 6.07) is 0. The molecule has 0 heterocycles. The minimum Gasteiger partial charge on any atom is -0.342 e. The van der Waals surface area contributed by atoms with Crippen LogP contribution < -0.4 is 5.73 Å². The molecule has 21 heavy (non-hydrogen) atoms. The van der Waals surface area contributed by atoms with Gasteiger partial charge in [-0.05, 0) is 19.3 Å². The summed E-state index contributed by atoms with van der Waals surface area (Å²) in [7, 11) is 0. The number of carbonyl (C=O) groups excluding carboxylic acids is 1. The van der Waals surface area contributed by atoms with Gasteiger partial charge in [-0.2, -0.15) is 0 Å². The van der Waals surface area contributed by atoms with Crippen molar-refractivity contribution in [2.45, 2.75) is 85.0 Å². The molecule has 2 N–H and O–H groups in total. The van der Waals surface area contributed by atoms with Gasteiger partial charge in [0.2, 0.25) is 5.91 Å². The Balaban J connectivity index is 4.34. The Morgan fingerprint density at radius 1 is 0.857 bits per heavy atom. The standard InChI is InChI=1S/C18H38N2O/c1-4-7-9-11-14-20(15-12-10-8-5-2)18(21)17(16-19)13-6-3/h17H,4-16,19H2,1-3H3. The molecule has 0 saturated carbocycles. The maximum Gasteiger partial charge on any atom is 0.226 e. The molecule has 3 nitrogen and oxygen atoms in total. The molecule has 1 amide bonds. The highest BCUT2D eigenvalue weighted by atomic mass is 16.2. The van der Waals surface area contributed by atoms with Crippen molar-refractivity contribution >= 4 is 5.91 Å². The highest BCUT2D eigenvalue weighted by Crippen LogP contribution is 2.13. The number of rotatable bonds is 14. The van der Waals surface area contributed by atoms with E-state index in [0.717, 1.165) is 38.8 Å². The largest absolute Gasteiger partial charge is 0.342 e. The van der Waals surface area contributed by atoms with Crippen LogP contribution in [0.15, 0.2) is 0 Å². The molecule has 0 spiro atoms. The fourth-order valence-electron chi connectivity index (χ4n) is 2.74. The average molecular weight is 299 g/mol. The van der Waals surface area contributed by atoms with Crippen molar-refractivity contribution in [3.63, 3.8) is 0 Å². The summed E-state index contributed by atoms with van der Waals surface area (Å²) in [5.74, 6) is 0.333. The number of nitrogens with zero attached hydrogens (tertiary/aromatic N) is 1. The minimum atomic E-state index is 0.0346. The van der Waals surface area contributed by atoms with Crippen LogP contribution in [0.5, 0.6) is 0 Å². The lowest BCUT2D eigenvalue weighted by molar-refractivity contribution is -0.135. The maximum absolute atomic E-state index is 12.6. The molecule has 0 aliphatic heterocycles. The quantitative estimate of drug-likeness (QED) is 0.485. The lowest BCUT2D eigenvalue weighted by Crippen LogP contribution is -2.40. The average Bonchev–Trinajstić information content (AvgIpc) is 2.50. The monoisotopic (exact) mass is 298 g/mol. The summed E-state index contributed by atoms with van der Waals surface area (Å²) >= 11 is 0. The predicted molar refractivity (Wildman–Crippen MR) is 92.3 cm³/mol. The van der Waals surface area contributed by atoms with Crippen LogP contribution >= 0.6 is 0 Å². The van der Waals surface area contributed by atoms with Gasteiger partial charge in [0.05, 0.1) is 5.92 Å². The van der Waals surface area contributed by atoms with E-state index in [-0.39, 0.29) is 5.92 Å². The first-order valence-corrected chi connectivity index (χ1v) is 9.19. The van der Waals surface area contributed by atoms with Crippen molar-refractivity contribution in [1.29, 1.82) is 0 Å². The molecule has 3 heteroatoms. The summed E-state index contributed by atoms with van der Waals surface area (Å²) < 4.78 is 0. The third-order valence-electron chi connectivity index (χ3n) is 4.15. The molecule has 0 radical (unpaired) electrons. The van der Waals surface area contributed by atoms with Gasteiger partial charge in [-0.1, -0.05) is 65.7 Å². The third kappa shape index (κ3) is 9.89. The van der Waals surface area contributed by atoms with Gasteiger partial charge in [0, 0.05) is 19.6 Å². The smallest absolute Gasteiger partial charge is 0.226 e. The van der Waals surface area contributed by atoms with E-state index in [9.17, 15) is 4.79 Å². The van der Waals surface area contributed by atoms with Crippen LogP contribution in [-0.2, 0) is 4.79 Å². The molecule has 0 aromatic carbocycles. The van der Waals surface area contributed by atoms with E-state index in [1.807, 2.05) is 0 Å². The molecule has 0 fully saturated rings. The van der Waals surface area contributed by atoms with Crippen molar-refractivity contribution in [2.75, 3.05) is 19.6 Å². The zero-order chi connectivity index (χ0) is 15.9. The zero-order valence-corrected chi connectivity index (χ0v) is 14.7. The molecule has 0 aromatic heterocycles. The van der Waals surface area contributed by atoms with Gasteiger partial charge in [0.1, 0.15) is 0 Å². The number of amides is 1. The van der Waals surface area contributed by atoms with Crippen LogP contribution in [0.25, 0.3) is 0 Å². The molecule has 0 aromatic rings. The second-order valence-electron chi connectivity index (χ2n) is 6.17. The Hall–Kier alpha value is -0.570. The normalized spacial score (nSPS) is 12.4. The molecule has 1 unspecified atom stereocenters. The van der Waals surface area contributed by atoms with E-state index in [1.165, 1.54) is 38.5 Å². The highest BCUT2D eigenvalue weighted by Gasteiger charge is 2.21. The molecule has 0 rings (SSSR count). The van der Waals surface area contributed by atoms with Crippen molar-refractivity contribution in [3.05, 3.63) is 0 Å². The van der Waals surface area contributed by atoms with Crippen molar-refractivity contribution in [3.8, 4) is 0 Å². The summed E-state index contributed by atoms with van der Waals surface area (Å²) in [6.45, 7) is 8.91. The van der Waals surface area contributed by atoms with Gasteiger partial charge in [0.15, 0.2) is 0 Å². The van der Waals surface area contributed by atoms with Gasteiger partial charge in [-0.25, -0.2) is 0 Å². The fraction of sp³-hybridized carbons (Fsp3) is 0.944. The lowest BCUT2D eigenvalue weighted by atomic mass is 10.0. The lowest BCUT2D eigenvalue weighted by Gasteiger charge is -2.27. The molecule has 0 bridgehead atoms. The zero-order valence-electron chi connectivity index (χ0n) is 14.7. The third-order valence-corrected chi connectivity index (χ3v) is 4.15. The number of carbonyl (C=O) groups is 1. The Morgan fingerprint density at radius 2 is 1.38 bits per heavy atom. The van der Waals surface area contributed by atoms with Gasteiger partial charge >= 0.3 is 0 Å². The summed E-state index contributed by atoms with van der Waals surface area (Å²) in [6.07, 6.45) is 11.7. The molecule has 0 aliphatic rings. The first kappa shape index (κ1) is 20.4. The summed E-state index contributed by atoms with van der Waals surface area (Å²) in [5.41, 5.74) is 5.80. The second kappa shape index (κ2) is 14.4. The van der Waals surface area contributed by atoms with Gasteiger partial charge in [0.25, 0.3) is 0 Å². The molecule has 126 valence electrons. The maximum atomic E-state index is 12.6. The molecule has 0 saturated heterocycles. The first-order valence-electron chi connectivity index (χ1n) is 9.19. The minimum absolute atomic E-state index is 0.0346. The number of hydrogen-bond acceptors (Lipinski definition) is 2. The number of nitrogens with two attached hydrogens (primary N) is 1. The topological polar surface area (TPSA) is 46.3 Å². The van der Waals surface area contributed by atoms with Crippen molar-refractivity contribution in [1.82, 2.24) is 4.90 Å². The molecular weight excluding hydrogens is 260 g/mol. The van der Waals surface area contributed by atoms with E-state index in [0.29, 0.717) is 12.5 Å². The van der Waals surface area contributed by atoms with Crippen LogP contribution in [0.4, 0.5) is 0 Å². The Morgan fingerprint density at radius 3 is 1.76 bits per heavy atom. The Kier molecular flexibility index (Phi) is 14.0.